The van der Waals surface area contributed by atoms with Crippen molar-refractivity contribution in [2.75, 3.05) is 46.0 Å². The summed E-state index contributed by atoms with van der Waals surface area (Å²) in [6.45, 7) is 8.19. The highest BCUT2D eigenvalue weighted by Crippen LogP contribution is 2.17. The number of aryl methyl sites for hydroxylation is 2. The van der Waals surface area contributed by atoms with E-state index in [-0.39, 0.29) is 5.91 Å². The number of hydrogen-bond acceptors (Lipinski definition) is 6. The van der Waals surface area contributed by atoms with Crippen LogP contribution in [0, 0.1) is 13.8 Å². The minimum atomic E-state index is 0.170. The molecule has 1 aromatic heterocycles. The van der Waals surface area contributed by atoms with E-state index in [9.17, 15) is 4.79 Å². The quantitative estimate of drug-likeness (QED) is 0.750. The highest BCUT2D eigenvalue weighted by molar-refractivity contribution is 8.23. The lowest BCUT2D eigenvalue weighted by molar-refractivity contribution is -0.128. The summed E-state index contributed by atoms with van der Waals surface area (Å²) in [5.74, 6) is 1.47. The van der Waals surface area contributed by atoms with E-state index < -0.39 is 0 Å². The molecule has 24 heavy (non-hydrogen) atoms. The topological polar surface area (TPSA) is 52.8 Å². The van der Waals surface area contributed by atoms with Gasteiger partial charge in [-0.15, -0.1) is 0 Å². The number of aromatic nitrogens is 1. The fraction of sp³-hybridized carbons (Fsp3) is 0.688. The van der Waals surface area contributed by atoms with E-state index >= 15 is 0 Å². The van der Waals surface area contributed by atoms with Crippen molar-refractivity contribution in [3.63, 3.8) is 0 Å². The lowest BCUT2D eigenvalue weighted by Gasteiger charge is -2.22. The summed E-state index contributed by atoms with van der Waals surface area (Å²) in [5.41, 5.74) is 2.12. The second kappa shape index (κ2) is 8.82. The maximum Gasteiger partial charge on any atom is 0.233 e. The zero-order valence-corrected chi connectivity index (χ0v) is 16.5. The Balaban J connectivity index is 1.84. The predicted octanol–water partition coefficient (Wildman–Crippen LogP) is 1.91. The second-order valence-electron chi connectivity index (χ2n) is 6.26. The van der Waals surface area contributed by atoms with Gasteiger partial charge in [0.15, 0.2) is 0 Å². The van der Waals surface area contributed by atoms with Gasteiger partial charge in [0, 0.05) is 52.4 Å². The van der Waals surface area contributed by atoms with Crippen molar-refractivity contribution >= 4 is 34.2 Å². The van der Waals surface area contributed by atoms with Gasteiger partial charge in [-0.2, -0.15) is 0 Å². The van der Waals surface area contributed by atoms with Crippen molar-refractivity contribution in [1.29, 1.82) is 0 Å². The molecule has 0 saturated carbocycles. The molecule has 134 valence electrons. The Hall–Kier alpha value is -1.12. The Morgan fingerprint density at radius 1 is 1.29 bits per heavy atom. The zero-order chi connectivity index (χ0) is 17.7. The lowest BCUT2D eigenvalue weighted by atomic mass is 10.2. The van der Waals surface area contributed by atoms with Crippen LogP contribution in [0.15, 0.2) is 4.52 Å². The van der Waals surface area contributed by atoms with Crippen molar-refractivity contribution in [3.8, 4) is 0 Å². The van der Waals surface area contributed by atoms with Gasteiger partial charge in [0.2, 0.25) is 5.91 Å². The molecule has 1 aliphatic heterocycles. The van der Waals surface area contributed by atoms with Crippen LogP contribution in [-0.4, -0.2) is 76.1 Å². The molecule has 0 atom stereocenters. The Kier molecular flexibility index (Phi) is 7.06. The number of thioether (sulfide) groups is 1. The summed E-state index contributed by atoms with van der Waals surface area (Å²) in [7, 11) is 3.80. The summed E-state index contributed by atoms with van der Waals surface area (Å²) in [4.78, 5) is 18.6. The molecular formula is C16H26N4O2S2. The molecule has 1 amide bonds. The van der Waals surface area contributed by atoms with Gasteiger partial charge in [-0.05, 0) is 20.3 Å². The van der Waals surface area contributed by atoms with E-state index in [0.717, 1.165) is 54.9 Å². The van der Waals surface area contributed by atoms with Crippen molar-refractivity contribution in [2.45, 2.75) is 26.8 Å². The molecule has 8 heteroatoms. The number of carbonyl (C=O) groups excluding carboxylic acids is 1. The number of rotatable bonds is 4. The molecule has 1 saturated heterocycles. The van der Waals surface area contributed by atoms with Crippen LogP contribution in [0.25, 0.3) is 0 Å². The molecule has 1 fully saturated rings. The molecule has 0 bridgehead atoms. The molecule has 6 nitrogen and oxygen atoms in total. The number of nitrogens with zero attached hydrogens (tertiary/aromatic N) is 4. The summed E-state index contributed by atoms with van der Waals surface area (Å²) < 4.78 is 5.99. The maximum atomic E-state index is 12.4. The van der Waals surface area contributed by atoms with E-state index in [1.807, 2.05) is 37.7 Å². The van der Waals surface area contributed by atoms with Gasteiger partial charge in [0.1, 0.15) is 10.1 Å². The molecule has 0 N–H and O–H groups in total. The fourth-order valence-corrected chi connectivity index (χ4v) is 3.54. The molecule has 0 aromatic carbocycles. The fourth-order valence-electron chi connectivity index (χ4n) is 2.67. The number of amides is 1. The van der Waals surface area contributed by atoms with Gasteiger partial charge in [-0.25, -0.2) is 0 Å². The first kappa shape index (κ1) is 19.2. The minimum Gasteiger partial charge on any atom is -0.364 e. The van der Waals surface area contributed by atoms with Gasteiger partial charge in [0.05, 0.1) is 11.4 Å². The molecule has 2 rings (SSSR count). The first-order chi connectivity index (χ1) is 11.4. The Morgan fingerprint density at radius 3 is 2.67 bits per heavy atom. The number of thiocarbonyl (C=S) groups is 1. The lowest BCUT2D eigenvalue weighted by Crippen LogP contribution is -2.36. The molecule has 0 aliphatic carbocycles. The van der Waals surface area contributed by atoms with Crippen LogP contribution in [0.2, 0.25) is 0 Å². The summed E-state index contributed by atoms with van der Waals surface area (Å²) in [5, 5.41) is 4.02. The highest BCUT2D eigenvalue weighted by atomic mass is 32.2. The summed E-state index contributed by atoms with van der Waals surface area (Å²) in [6.07, 6.45) is 0.984. The summed E-state index contributed by atoms with van der Waals surface area (Å²) >= 11 is 6.66. The van der Waals surface area contributed by atoms with E-state index in [1.165, 1.54) is 17.3 Å². The van der Waals surface area contributed by atoms with Gasteiger partial charge >= 0.3 is 0 Å². The van der Waals surface area contributed by atoms with Crippen molar-refractivity contribution < 1.29 is 9.32 Å². The van der Waals surface area contributed by atoms with Crippen LogP contribution in [0.5, 0.6) is 0 Å². The smallest absolute Gasteiger partial charge is 0.233 e. The third-order valence-electron chi connectivity index (χ3n) is 4.19. The maximum absolute atomic E-state index is 12.4. The molecular weight excluding hydrogens is 344 g/mol. The average Bonchev–Trinajstić information content (AvgIpc) is 2.76. The van der Waals surface area contributed by atoms with Gasteiger partial charge in [0.25, 0.3) is 0 Å². The molecule has 2 heterocycles. The highest BCUT2D eigenvalue weighted by Gasteiger charge is 2.21. The van der Waals surface area contributed by atoms with E-state index in [2.05, 4.69) is 10.1 Å². The Morgan fingerprint density at radius 2 is 2.04 bits per heavy atom. The van der Waals surface area contributed by atoms with E-state index in [4.69, 9.17) is 16.7 Å². The Labute approximate surface area is 153 Å². The van der Waals surface area contributed by atoms with Crippen LogP contribution >= 0.6 is 24.0 Å². The van der Waals surface area contributed by atoms with Gasteiger partial charge < -0.3 is 14.3 Å². The van der Waals surface area contributed by atoms with E-state index in [0.29, 0.717) is 5.75 Å². The van der Waals surface area contributed by atoms with Gasteiger partial charge in [-0.3, -0.25) is 9.69 Å². The van der Waals surface area contributed by atoms with Gasteiger partial charge in [-0.1, -0.05) is 29.1 Å². The monoisotopic (exact) mass is 370 g/mol. The zero-order valence-electron chi connectivity index (χ0n) is 14.9. The number of hydrogen-bond donors (Lipinski definition) is 0. The van der Waals surface area contributed by atoms with Crippen molar-refractivity contribution in [3.05, 3.63) is 17.0 Å². The van der Waals surface area contributed by atoms with Crippen LogP contribution < -0.4 is 0 Å². The molecule has 0 radical (unpaired) electrons. The first-order valence-corrected chi connectivity index (χ1v) is 9.54. The van der Waals surface area contributed by atoms with Crippen LogP contribution in [0.3, 0.4) is 0 Å². The molecule has 0 spiro atoms. The molecule has 0 unspecified atom stereocenters. The van der Waals surface area contributed by atoms with E-state index in [1.54, 1.807) is 0 Å². The second-order valence-corrected chi connectivity index (χ2v) is 7.87. The molecule has 1 aliphatic rings. The SMILES string of the molecule is Cc1noc(C)c1CN1CCCN(C(=O)CSC(=S)N(C)C)CC1. The standard InChI is InChI=1S/C16H26N4O2S2/c1-12-14(13(2)22-17-12)10-19-6-5-7-20(9-8-19)15(21)11-24-16(23)18(3)4/h5-11H2,1-4H3. The molecule has 1 aromatic rings. The average molecular weight is 371 g/mol. The normalized spacial score (nSPS) is 16.1. The third kappa shape index (κ3) is 5.19. The van der Waals surface area contributed by atoms with Crippen LogP contribution in [0.1, 0.15) is 23.4 Å². The van der Waals surface area contributed by atoms with Crippen molar-refractivity contribution in [1.82, 2.24) is 19.9 Å². The van der Waals surface area contributed by atoms with Crippen LogP contribution in [-0.2, 0) is 11.3 Å². The first-order valence-electron chi connectivity index (χ1n) is 8.14. The van der Waals surface area contributed by atoms with Crippen molar-refractivity contribution in [2.24, 2.45) is 0 Å². The largest absolute Gasteiger partial charge is 0.364 e. The summed E-state index contributed by atoms with van der Waals surface area (Å²) in [6, 6.07) is 0. The third-order valence-corrected chi connectivity index (χ3v) is 5.91. The Bertz CT molecular complexity index is 569. The van der Waals surface area contributed by atoms with Crippen LogP contribution in [0.4, 0.5) is 0 Å². The predicted molar refractivity (Wildman–Crippen MR) is 101 cm³/mol. The minimum absolute atomic E-state index is 0.170. The number of carbonyl (C=O) groups is 1.